The van der Waals surface area contributed by atoms with Gasteiger partial charge in [-0.25, -0.2) is 13.4 Å². The second-order valence-corrected chi connectivity index (χ2v) is 10.6. The maximum Gasteiger partial charge on any atom is 0.229 e. The Morgan fingerprint density at radius 3 is 2.66 bits per heavy atom. The highest BCUT2D eigenvalue weighted by molar-refractivity contribution is 9.10. The highest BCUT2D eigenvalue weighted by Crippen LogP contribution is 2.29. The summed E-state index contributed by atoms with van der Waals surface area (Å²) in [5.74, 6) is 0.638. The van der Waals surface area contributed by atoms with Crippen molar-refractivity contribution in [1.29, 1.82) is 0 Å². The standard InChI is InChI=1S/C23H22BrN5O2S/c24-17-10-12-18(13-11-17)32(30,31)23-22-26-21(25-15-14-16-6-2-1-3-7-16)19-8-4-5-9-20(19)29(22)28-27-23/h4-6,8-13H,1-3,7,14-15H2,(H,25,26). The van der Waals surface area contributed by atoms with E-state index >= 15 is 0 Å². The third-order valence-electron chi connectivity index (χ3n) is 5.72. The highest BCUT2D eigenvalue weighted by atomic mass is 79.9. The first-order valence-corrected chi connectivity index (χ1v) is 12.9. The topological polar surface area (TPSA) is 89.2 Å². The molecule has 0 saturated heterocycles. The van der Waals surface area contributed by atoms with Gasteiger partial charge in [-0.2, -0.15) is 4.52 Å². The van der Waals surface area contributed by atoms with Crippen LogP contribution < -0.4 is 5.32 Å². The van der Waals surface area contributed by atoms with E-state index in [1.165, 1.54) is 22.9 Å². The number of fused-ring (bicyclic) bond motifs is 3. The molecule has 2 heterocycles. The van der Waals surface area contributed by atoms with Crippen molar-refractivity contribution in [2.75, 3.05) is 11.9 Å². The van der Waals surface area contributed by atoms with Crippen molar-refractivity contribution in [3.63, 3.8) is 0 Å². The van der Waals surface area contributed by atoms with E-state index in [0.29, 0.717) is 5.82 Å². The summed E-state index contributed by atoms with van der Waals surface area (Å²) in [6.45, 7) is 0.732. The lowest BCUT2D eigenvalue weighted by Crippen LogP contribution is -2.09. The predicted molar refractivity (Wildman–Crippen MR) is 128 cm³/mol. The Hall–Kier alpha value is -2.78. The average Bonchev–Trinajstić information content (AvgIpc) is 3.25. The molecule has 0 atom stereocenters. The number of sulfone groups is 1. The zero-order valence-corrected chi connectivity index (χ0v) is 19.7. The molecule has 0 unspecified atom stereocenters. The van der Waals surface area contributed by atoms with Crippen molar-refractivity contribution in [3.8, 4) is 0 Å². The van der Waals surface area contributed by atoms with Gasteiger partial charge in [0.1, 0.15) is 5.82 Å². The van der Waals surface area contributed by atoms with Gasteiger partial charge in [-0.3, -0.25) is 0 Å². The molecule has 2 aromatic heterocycles. The number of para-hydroxylation sites is 1. The average molecular weight is 512 g/mol. The Bertz CT molecular complexity index is 1430. The molecule has 0 saturated carbocycles. The molecule has 0 spiro atoms. The van der Waals surface area contributed by atoms with E-state index in [9.17, 15) is 8.42 Å². The molecule has 4 aromatic rings. The van der Waals surface area contributed by atoms with E-state index in [1.54, 1.807) is 24.3 Å². The van der Waals surface area contributed by atoms with Gasteiger partial charge in [-0.1, -0.05) is 44.9 Å². The van der Waals surface area contributed by atoms with E-state index in [-0.39, 0.29) is 15.6 Å². The van der Waals surface area contributed by atoms with Crippen LogP contribution in [0.3, 0.4) is 0 Å². The summed E-state index contributed by atoms with van der Waals surface area (Å²) >= 11 is 3.34. The van der Waals surface area contributed by atoms with Gasteiger partial charge >= 0.3 is 0 Å². The van der Waals surface area contributed by atoms with Crippen molar-refractivity contribution in [2.24, 2.45) is 0 Å². The minimum atomic E-state index is -3.88. The van der Waals surface area contributed by atoms with Crippen LogP contribution in [0.5, 0.6) is 0 Å². The summed E-state index contributed by atoms with van der Waals surface area (Å²) in [5, 5.41) is 12.3. The normalized spacial score (nSPS) is 14.6. The van der Waals surface area contributed by atoms with E-state index in [4.69, 9.17) is 0 Å². The molecule has 1 aliphatic carbocycles. The van der Waals surface area contributed by atoms with E-state index in [0.717, 1.165) is 41.2 Å². The van der Waals surface area contributed by atoms with Crippen molar-refractivity contribution >= 4 is 48.1 Å². The summed E-state index contributed by atoms with van der Waals surface area (Å²) in [6.07, 6.45) is 8.10. The number of halogens is 1. The molecule has 0 fully saturated rings. The van der Waals surface area contributed by atoms with Gasteiger partial charge in [-0.05, 0) is 68.5 Å². The fraction of sp³-hybridized carbons (Fsp3) is 0.261. The zero-order chi connectivity index (χ0) is 22.1. The molecule has 1 aliphatic rings. The van der Waals surface area contributed by atoms with E-state index in [2.05, 4.69) is 42.6 Å². The Kier molecular flexibility index (Phi) is 5.69. The van der Waals surface area contributed by atoms with E-state index in [1.807, 2.05) is 24.3 Å². The van der Waals surface area contributed by atoms with Gasteiger partial charge in [0.15, 0.2) is 5.65 Å². The fourth-order valence-electron chi connectivity index (χ4n) is 4.05. The number of anilines is 1. The van der Waals surface area contributed by atoms with Crippen LogP contribution in [0.25, 0.3) is 16.6 Å². The van der Waals surface area contributed by atoms with Gasteiger partial charge in [0, 0.05) is 16.4 Å². The predicted octanol–water partition coefficient (Wildman–Crippen LogP) is 5.18. The Balaban J connectivity index is 1.56. The summed E-state index contributed by atoms with van der Waals surface area (Å²) in [5.41, 5.74) is 2.44. The molecule has 5 rings (SSSR count). The molecule has 1 N–H and O–H groups in total. The second kappa shape index (κ2) is 8.63. The lowest BCUT2D eigenvalue weighted by Gasteiger charge is -2.14. The van der Waals surface area contributed by atoms with Crippen molar-refractivity contribution in [3.05, 3.63) is 64.7 Å². The van der Waals surface area contributed by atoms with Crippen molar-refractivity contribution < 1.29 is 8.42 Å². The largest absolute Gasteiger partial charge is 0.369 e. The molecule has 0 amide bonds. The molecule has 7 nitrogen and oxygen atoms in total. The summed E-state index contributed by atoms with van der Waals surface area (Å²) < 4.78 is 28.9. The van der Waals surface area contributed by atoms with Gasteiger partial charge in [0.25, 0.3) is 0 Å². The quantitative estimate of drug-likeness (QED) is 0.359. The maximum absolute atomic E-state index is 13.3. The van der Waals surface area contributed by atoms with Crippen LogP contribution in [0, 0.1) is 0 Å². The molecule has 0 bridgehead atoms. The Labute approximate surface area is 194 Å². The number of aromatic nitrogens is 4. The smallest absolute Gasteiger partial charge is 0.229 e. The second-order valence-electron chi connectivity index (χ2n) is 7.85. The van der Waals surface area contributed by atoms with Gasteiger partial charge in [0.2, 0.25) is 14.9 Å². The summed E-state index contributed by atoms with van der Waals surface area (Å²) in [7, 11) is -3.88. The third-order valence-corrected chi connectivity index (χ3v) is 7.92. The molecule has 2 aromatic carbocycles. The first kappa shape index (κ1) is 21.1. The number of nitrogens with zero attached hydrogens (tertiary/aromatic N) is 4. The molecular formula is C23H22BrN5O2S. The third kappa shape index (κ3) is 3.91. The van der Waals surface area contributed by atoms with E-state index < -0.39 is 9.84 Å². The van der Waals surface area contributed by atoms with Crippen LogP contribution in [0.1, 0.15) is 32.1 Å². The zero-order valence-electron chi connectivity index (χ0n) is 17.3. The van der Waals surface area contributed by atoms with Crippen LogP contribution in [-0.2, 0) is 9.84 Å². The summed E-state index contributed by atoms with van der Waals surface area (Å²) in [6, 6.07) is 14.1. The molecule has 0 aliphatic heterocycles. The lowest BCUT2D eigenvalue weighted by molar-refractivity contribution is 0.592. The van der Waals surface area contributed by atoms with Crippen molar-refractivity contribution in [2.45, 2.75) is 42.0 Å². The SMILES string of the molecule is O=S(=O)(c1ccc(Br)cc1)c1nnn2c1nc(NCCC1=CCCCC1)c1ccccc12. The monoisotopic (exact) mass is 511 g/mol. The first-order chi connectivity index (χ1) is 15.5. The number of hydrogen-bond acceptors (Lipinski definition) is 6. The number of hydrogen-bond donors (Lipinski definition) is 1. The molecule has 164 valence electrons. The molecular weight excluding hydrogens is 490 g/mol. The molecule has 0 radical (unpaired) electrons. The van der Waals surface area contributed by atoms with Crippen LogP contribution in [-0.4, -0.2) is 34.8 Å². The van der Waals surface area contributed by atoms with Crippen LogP contribution in [0.4, 0.5) is 5.82 Å². The Morgan fingerprint density at radius 2 is 1.88 bits per heavy atom. The van der Waals surface area contributed by atoms with Gasteiger partial charge < -0.3 is 5.32 Å². The van der Waals surface area contributed by atoms with Crippen LogP contribution in [0.15, 0.2) is 74.6 Å². The Morgan fingerprint density at radius 1 is 1.06 bits per heavy atom. The van der Waals surface area contributed by atoms with Crippen molar-refractivity contribution in [1.82, 2.24) is 19.8 Å². The minimum absolute atomic E-state index is 0.149. The molecule has 32 heavy (non-hydrogen) atoms. The number of allylic oxidation sites excluding steroid dienone is 1. The highest BCUT2D eigenvalue weighted by Gasteiger charge is 2.27. The minimum Gasteiger partial charge on any atom is -0.369 e. The number of rotatable bonds is 6. The number of benzene rings is 2. The van der Waals surface area contributed by atoms with Crippen LogP contribution in [0.2, 0.25) is 0 Å². The van der Waals surface area contributed by atoms with Gasteiger partial charge in [-0.15, -0.1) is 5.10 Å². The summed E-state index contributed by atoms with van der Waals surface area (Å²) in [4.78, 5) is 4.82. The maximum atomic E-state index is 13.3. The van der Waals surface area contributed by atoms with Crippen LogP contribution >= 0.6 is 15.9 Å². The van der Waals surface area contributed by atoms with Gasteiger partial charge in [0.05, 0.1) is 10.4 Å². The molecule has 9 heteroatoms. The lowest BCUT2D eigenvalue weighted by atomic mass is 9.97. The number of nitrogens with one attached hydrogen (secondary N) is 1. The first-order valence-electron chi connectivity index (χ1n) is 10.6. The fourth-order valence-corrected chi connectivity index (χ4v) is 5.55.